The summed E-state index contributed by atoms with van der Waals surface area (Å²) in [6.07, 6.45) is 3.41. The zero-order chi connectivity index (χ0) is 14.4. The van der Waals surface area contributed by atoms with Crippen LogP contribution in [0.15, 0.2) is 0 Å². The fourth-order valence-electron chi connectivity index (χ4n) is 2.75. The maximum absolute atomic E-state index is 12.2. The van der Waals surface area contributed by atoms with E-state index in [1.807, 2.05) is 0 Å². The summed E-state index contributed by atoms with van der Waals surface area (Å²) in [5.41, 5.74) is 0. The van der Waals surface area contributed by atoms with Crippen LogP contribution in [0.1, 0.15) is 19.3 Å². The number of carbonyl (C=O) groups excluding carboxylic acids is 2. The predicted octanol–water partition coefficient (Wildman–Crippen LogP) is -0.637. The third kappa shape index (κ3) is 4.18. The van der Waals surface area contributed by atoms with Crippen LogP contribution in [0, 0.1) is 0 Å². The first-order chi connectivity index (χ1) is 9.68. The Morgan fingerprint density at radius 1 is 1.05 bits per heavy atom. The first-order valence-corrected chi connectivity index (χ1v) is 7.66. The third-order valence-electron chi connectivity index (χ3n) is 4.11. The van der Waals surface area contributed by atoms with Gasteiger partial charge in [0.2, 0.25) is 0 Å². The molecule has 0 bridgehead atoms. The van der Waals surface area contributed by atoms with Crippen molar-refractivity contribution in [2.45, 2.75) is 19.3 Å². The molecule has 20 heavy (non-hydrogen) atoms. The second kappa shape index (κ2) is 7.59. The van der Waals surface area contributed by atoms with Crippen molar-refractivity contribution in [2.24, 2.45) is 0 Å². The highest BCUT2D eigenvalue weighted by Gasteiger charge is 2.25. The summed E-state index contributed by atoms with van der Waals surface area (Å²) in [7, 11) is 1.73. The topological polar surface area (TPSA) is 55.9 Å². The number of rotatable bonds is 3. The van der Waals surface area contributed by atoms with Gasteiger partial charge in [-0.05, 0) is 38.9 Å². The minimum absolute atomic E-state index is 0.349. The molecule has 114 valence electrons. The summed E-state index contributed by atoms with van der Waals surface area (Å²) in [5.74, 6) is -0.719. The van der Waals surface area contributed by atoms with Gasteiger partial charge in [-0.2, -0.15) is 0 Å². The highest BCUT2D eigenvalue weighted by Crippen LogP contribution is 2.07. The lowest BCUT2D eigenvalue weighted by Crippen LogP contribution is -2.46. The second-order valence-electron chi connectivity index (χ2n) is 5.67. The number of amides is 2. The average Bonchev–Trinajstić information content (AvgIpc) is 2.83. The summed E-state index contributed by atoms with van der Waals surface area (Å²) < 4.78 is 0. The lowest BCUT2D eigenvalue weighted by atomic mass is 10.3. The molecule has 6 nitrogen and oxygen atoms in total. The van der Waals surface area contributed by atoms with Crippen molar-refractivity contribution in [3.63, 3.8) is 0 Å². The maximum atomic E-state index is 12.2. The Kier molecular flexibility index (Phi) is 5.79. The minimum Gasteiger partial charge on any atom is -0.336 e. The summed E-state index contributed by atoms with van der Waals surface area (Å²) in [6, 6.07) is 0. The quantitative estimate of drug-likeness (QED) is 0.700. The molecule has 2 heterocycles. The SMILES string of the molecule is CN(CCN1CCCC1)C(=O)C(=O)N1CCCNCC1. The van der Waals surface area contributed by atoms with E-state index in [1.54, 1.807) is 16.8 Å². The van der Waals surface area contributed by atoms with Gasteiger partial charge in [0.25, 0.3) is 0 Å². The summed E-state index contributed by atoms with van der Waals surface area (Å²) >= 11 is 0. The van der Waals surface area contributed by atoms with Gasteiger partial charge in [-0.15, -0.1) is 0 Å². The van der Waals surface area contributed by atoms with Crippen LogP contribution < -0.4 is 5.32 Å². The van der Waals surface area contributed by atoms with Gasteiger partial charge < -0.3 is 20.0 Å². The van der Waals surface area contributed by atoms with E-state index in [2.05, 4.69) is 10.2 Å². The summed E-state index contributed by atoms with van der Waals surface area (Å²) in [6.45, 7) is 6.75. The van der Waals surface area contributed by atoms with Crippen molar-refractivity contribution < 1.29 is 9.59 Å². The zero-order valence-corrected chi connectivity index (χ0v) is 12.4. The molecule has 1 N–H and O–H groups in total. The van der Waals surface area contributed by atoms with E-state index in [0.717, 1.165) is 39.1 Å². The Morgan fingerprint density at radius 3 is 2.55 bits per heavy atom. The Labute approximate surface area is 121 Å². The molecule has 0 saturated carbocycles. The Morgan fingerprint density at radius 2 is 1.80 bits per heavy atom. The van der Waals surface area contributed by atoms with Gasteiger partial charge in [0.1, 0.15) is 0 Å². The molecule has 0 atom stereocenters. The molecule has 0 radical (unpaired) electrons. The molecule has 0 spiro atoms. The first kappa shape index (κ1) is 15.3. The van der Waals surface area contributed by atoms with Crippen molar-refractivity contribution in [1.82, 2.24) is 20.0 Å². The lowest BCUT2D eigenvalue weighted by Gasteiger charge is -2.24. The normalized spacial score (nSPS) is 20.8. The zero-order valence-electron chi connectivity index (χ0n) is 12.4. The monoisotopic (exact) mass is 282 g/mol. The molecule has 0 aromatic rings. The van der Waals surface area contributed by atoms with Gasteiger partial charge >= 0.3 is 11.8 Å². The molecule has 6 heteroatoms. The number of nitrogens with one attached hydrogen (secondary N) is 1. The fourth-order valence-corrected chi connectivity index (χ4v) is 2.75. The molecule has 0 aromatic heterocycles. The van der Waals surface area contributed by atoms with Crippen molar-refractivity contribution in [2.75, 3.05) is 59.4 Å². The number of hydrogen-bond donors (Lipinski definition) is 1. The molecule has 2 saturated heterocycles. The Bertz CT molecular complexity index is 334. The molecule has 0 aromatic carbocycles. The maximum Gasteiger partial charge on any atom is 0.312 e. The van der Waals surface area contributed by atoms with E-state index in [4.69, 9.17) is 0 Å². The molecule has 2 fully saturated rings. The van der Waals surface area contributed by atoms with E-state index >= 15 is 0 Å². The van der Waals surface area contributed by atoms with E-state index in [1.165, 1.54) is 12.8 Å². The van der Waals surface area contributed by atoms with Gasteiger partial charge in [-0.25, -0.2) is 0 Å². The molecule has 2 rings (SSSR count). The van der Waals surface area contributed by atoms with Gasteiger partial charge in [0.05, 0.1) is 0 Å². The van der Waals surface area contributed by atoms with Crippen molar-refractivity contribution >= 4 is 11.8 Å². The first-order valence-electron chi connectivity index (χ1n) is 7.66. The van der Waals surface area contributed by atoms with Crippen molar-refractivity contribution in [1.29, 1.82) is 0 Å². The van der Waals surface area contributed by atoms with Crippen molar-refractivity contribution in [3.8, 4) is 0 Å². The number of nitrogens with zero attached hydrogens (tertiary/aromatic N) is 3. The largest absolute Gasteiger partial charge is 0.336 e. The number of likely N-dealkylation sites (tertiary alicyclic amines) is 1. The van der Waals surface area contributed by atoms with E-state index in [-0.39, 0.29) is 11.8 Å². The van der Waals surface area contributed by atoms with Crippen LogP contribution in [0.2, 0.25) is 0 Å². The molecule has 0 aliphatic carbocycles. The van der Waals surface area contributed by atoms with E-state index < -0.39 is 0 Å². The van der Waals surface area contributed by atoms with Gasteiger partial charge in [0, 0.05) is 39.8 Å². The molecular formula is C14H26N4O2. The van der Waals surface area contributed by atoms with Crippen LogP contribution in [-0.2, 0) is 9.59 Å². The summed E-state index contributed by atoms with van der Waals surface area (Å²) in [5, 5.41) is 3.24. The second-order valence-corrected chi connectivity index (χ2v) is 5.67. The van der Waals surface area contributed by atoms with Gasteiger partial charge in [-0.1, -0.05) is 0 Å². The standard InChI is InChI=1S/C14H26N4O2/c1-16(11-12-17-7-2-3-8-17)13(19)14(20)18-9-4-5-15-6-10-18/h15H,2-12H2,1H3. The molecule has 2 aliphatic rings. The molecule has 2 aliphatic heterocycles. The highest BCUT2D eigenvalue weighted by molar-refractivity contribution is 6.34. The fraction of sp³-hybridized carbons (Fsp3) is 0.857. The van der Waals surface area contributed by atoms with E-state index in [9.17, 15) is 9.59 Å². The molecule has 0 unspecified atom stereocenters. The van der Waals surface area contributed by atoms with E-state index in [0.29, 0.717) is 19.6 Å². The van der Waals surface area contributed by atoms with Crippen LogP contribution in [-0.4, -0.2) is 85.9 Å². The third-order valence-corrected chi connectivity index (χ3v) is 4.11. The van der Waals surface area contributed by atoms with Gasteiger partial charge in [0.15, 0.2) is 0 Å². The van der Waals surface area contributed by atoms with Crippen LogP contribution in [0.5, 0.6) is 0 Å². The summed E-state index contributed by atoms with van der Waals surface area (Å²) in [4.78, 5) is 29.9. The van der Waals surface area contributed by atoms with Crippen LogP contribution in [0.25, 0.3) is 0 Å². The minimum atomic E-state index is -0.369. The lowest BCUT2D eigenvalue weighted by molar-refractivity contribution is -0.151. The number of carbonyl (C=O) groups is 2. The Balaban J connectivity index is 1.77. The number of hydrogen-bond acceptors (Lipinski definition) is 4. The highest BCUT2D eigenvalue weighted by atomic mass is 16.2. The Hall–Kier alpha value is -1.14. The van der Waals surface area contributed by atoms with Crippen LogP contribution in [0.4, 0.5) is 0 Å². The van der Waals surface area contributed by atoms with Crippen molar-refractivity contribution in [3.05, 3.63) is 0 Å². The van der Waals surface area contributed by atoms with Crippen LogP contribution in [0.3, 0.4) is 0 Å². The predicted molar refractivity (Wildman–Crippen MR) is 77.4 cm³/mol. The molecular weight excluding hydrogens is 256 g/mol. The average molecular weight is 282 g/mol. The van der Waals surface area contributed by atoms with Crippen LogP contribution >= 0.6 is 0 Å². The molecule has 2 amide bonds. The number of likely N-dealkylation sites (N-methyl/N-ethyl adjacent to an activating group) is 1. The van der Waals surface area contributed by atoms with Gasteiger partial charge in [-0.3, -0.25) is 9.59 Å². The smallest absolute Gasteiger partial charge is 0.312 e.